The number of hydrogen-bond donors (Lipinski definition) is 3. The van der Waals surface area contributed by atoms with Gasteiger partial charge < -0.3 is 20.4 Å². The first-order valence-electron chi connectivity index (χ1n) is 11.9. The van der Waals surface area contributed by atoms with E-state index in [9.17, 15) is 9.59 Å². The summed E-state index contributed by atoms with van der Waals surface area (Å²) in [5, 5.41) is 20.5. The highest BCUT2D eigenvalue weighted by Crippen LogP contribution is 2.12. The molecular formula is C23H46N2O4. The summed E-state index contributed by atoms with van der Waals surface area (Å²) in [4.78, 5) is 24.0. The maximum absolute atomic E-state index is 10.9. The molecule has 0 rings (SSSR count). The van der Waals surface area contributed by atoms with Gasteiger partial charge in [-0.3, -0.25) is 9.59 Å². The Morgan fingerprint density at radius 1 is 0.724 bits per heavy atom. The van der Waals surface area contributed by atoms with E-state index in [1.54, 1.807) is 0 Å². The van der Waals surface area contributed by atoms with Gasteiger partial charge in [0, 0.05) is 0 Å². The van der Waals surface area contributed by atoms with Crippen LogP contribution in [-0.4, -0.2) is 59.3 Å². The Morgan fingerprint density at radius 2 is 1.14 bits per heavy atom. The van der Waals surface area contributed by atoms with Crippen LogP contribution >= 0.6 is 0 Å². The minimum absolute atomic E-state index is 0.369. The average molecular weight is 415 g/mol. The van der Waals surface area contributed by atoms with Gasteiger partial charge in [-0.05, 0) is 39.0 Å². The smallest absolute Gasteiger partial charge is 0.321 e. The molecule has 0 aromatic carbocycles. The maximum atomic E-state index is 10.9. The third-order valence-electron chi connectivity index (χ3n) is 5.61. The van der Waals surface area contributed by atoms with Crippen molar-refractivity contribution in [2.45, 2.75) is 110 Å². The zero-order valence-electron chi connectivity index (χ0n) is 19.0. The topological polar surface area (TPSA) is 89.9 Å². The molecule has 0 radical (unpaired) electrons. The molecule has 1 unspecified atom stereocenters. The van der Waals surface area contributed by atoms with E-state index in [0.29, 0.717) is 6.54 Å². The Morgan fingerprint density at radius 3 is 1.52 bits per heavy atom. The van der Waals surface area contributed by atoms with Crippen molar-refractivity contribution >= 4 is 11.9 Å². The largest absolute Gasteiger partial charge is 0.481 e. The molecular weight excluding hydrogens is 368 g/mol. The standard InChI is InChI=1S/C23H46N2O4/c1-3-25(4-2)19-17-15-13-11-9-7-5-6-8-10-12-14-16-18-24-21(23(28)29)20-22(26)27/h21,24H,3-20H2,1-2H3,(H,26,27)(H,28,29). The zero-order chi connectivity index (χ0) is 21.7. The molecule has 6 nitrogen and oxygen atoms in total. The van der Waals surface area contributed by atoms with E-state index in [2.05, 4.69) is 24.1 Å². The molecule has 0 aromatic heterocycles. The first-order chi connectivity index (χ1) is 14.0. The predicted molar refractivity (Wildman–Crippen MR) is 119 cm³/mol. The molecule has 0 saturated carbocycles. The van der Waals surface area contributed by atoms with Crippen molar-refractivity contribution in [2.24, 2.45) is 0 Å². The highest BCUT2D eigenvalue weighted by Gasteiger charge is 2.19. The second-order valence-electron chi connectivity index (χ2n) is 8.07. The maximum Gasteiger partial charge on any atom is 0.321 e. The summed E-state index contributed by atoms with van der Waals surface area (Å²) in [6.45, 7) is 8.64. The molecule has 172 valence electrons. The van der Waals surface area contributed by atoms with Gasteiger partial charge in [-0.25, -0.2) is 0 Å². The van der Waals surface area contributed by atoms with E-state index in [4.69, 9.17) is 10.2 Å². The number of carboxylic acids is 2. The van der Waals surface area contributed by atoms with E-state index in [-0.39, 0.29) is 6.42 Å². The molecule has 0 amide bonds. The molecule has 0 heterocycles. The van der Waals surface area contributed by atoms with Gasteiger partial charge in [0.25, 0.3) is 0 Å². The molecule has 0 bridgehead atoms. The third kappa shape index (κ3) is 18.6. The van der Waals surface area contributed by atoms with Gasteiger partial charge in [-0.2, -0.15) is 0 Å². The van der Waals surface area contributed by atoms with Crippen molar-refractivity contribution in [3.8, 4) is 0 Å². The summed E-state index contributed by atoms with van der Waals surface area (Å²) in [6.07, 6.45) is 16.2. The second-order valence-corrected chi connectivity index (χ2v) is 8.07. The van der Waals surface area contributed by atoms with Crippen LogP contribution in [0.2, 0.25) is 0 Å². The number of aliphatic carboxylic acids is 2. The summed E-state index contributed by atoms with van der Waals surface area (Å²) in [7, 11) is 0. The molecule has 29 heavy (non-hydrogen) atoms. The SMILES string of the molecule is CCN(CC)CCCCCCCCCCCCCCCNC(CC(=O)O)C(=O)O. The number of nitrogens with one attached hydrogen (secondary N) is 1. The van der Waals surface area contributed by atoms with Gasteiger partial charge in [0.2, 0.25) is 0 Å². The van der Waals surface area contributed by atoms with Crippen LogP contribution in [0.1, 0.15) is 104 Å². The first-order valence-corrected chi connectivity index (χ1v) is 11.9. The van der Waals surface area contributed by atoms with Crippen molar-refractivity contribution in [2.75, 3.05) is 26.2 Å². The van der Waals surface area contributed by atoms with Gasteiger partial charge >= 0.3 is 11.9 Å². The van der Waals surface area contributed by atoms with Crippen molar-refractivity contribution in [1.82, 2.24) is 10.2 Å². The van der Waals surface area contributed by atoms with Gasteiger partial charge in [-0.1, -0.05) is 84.5 Å². The summed E-state index contributed by atoms with van der Waals surface area (Å²) in [5.41, 5.74) is 0. The minimum Gasteiger partial charge on any atom is -0.481 e. The van der Waals surface area contributed by atoms with Crippen molar-refractivity contribution in [1.29, 1.82) is 0 Å². The number of hydrogen-bond acceptors (Lipinski definition) is 4. The van der Waals surface area contributed by atoms with Crippen molar-refractivity contribution in [3.63, 3.8) is 0 Å². The van der Waals surface area contributed by atoms with Crippen LogP contribution in [0.15, 0.2) is 0 Å². The molecule has 0 aliphatic rings. The fourth-order valence-electron chi connectivity index (χ4n) is 3.64. The zero-order valence-corrected chi connectivity index (χ0v) is 19.0. The number of rotatable bonds is 22. The van der Waals surface area contributed by atoms with Crippen molar-refractivity contribution < 1.29 is 19.8 Å². The van der Waals surface area contributed by atoms with E-state index < -0.39 is 18.0 Å². The Balaban J connectivity index is 3.29. The molecule has 0 saturated heterocycles. The van der Waals surface area contributed by atoms with Crippen molar-refractivity contribution in [3.05, 3.63) is 0 Å². The summed E-state index contributed by atoms with van der Waals surface area (Å²) in [6, 6.07) is -0.977. The summed E-state index contributed by atoms with van der Waals surface area (Å²) < 4.78 is 0. The average Bonchev–Trinajstić information content (AvgIpc) is 2.69. The predicted octanol–water partition coefficient (Wildman–Crippen LogP) is 4.92. The summed E-state index contributed by atoms with van der Waals surface area (Å²) >= 11 is 0. The lowest BCUT2D eigenvalue weighted by Gasteiger charge is -2.17. The van der Waals surface area contributed by atoms with Crippen LogP contribution in [0.3, 0.4) is 0 Å². The minimum atomic E-state index is -1.09. The van der Waals surface area contributed by atoms with Crippen LogP contribution < -0.4 is 5.32 Å². The number of carbonyl (C=O) groups is 2. The fraction of sp³-hybridized carbons (Fsp3) is 0.913. The van der Waals surface area contributed by atoms with E-state index >= 15 is 0 Å². The molecule has 1 atom stereocenters. The van der Waals surface area contributed by atoms with E-state index in [0.717, 1.165) is 12.8 Å². The summed E-state index contributed by atoms with van der Waals surface area (Å²) in [5.74, 6) is -2.17. The second kappa shape index (κ2) is 20.1. The third-order valence-corrected chi connectivity index (χ3v) is 5.61. The molecule has 3 N–H and O–H groups in total. The quantitative estimate of drug-likeness (QED) is 0.218. The highest BCUT2D eigenvalue weighted by molar-refractivity contribution is 5.80. The van der Waals surface area contributed by atoms with Crippen LogP contribution in [0.5, 0.6) is 0 Å². The lowest BCUT2D eigenvalue weighted by molar-refractivity contribution is -0.145. The highest BCUT2D eigenvalue weighted by atomic mass is 16.4. The molecule has 0 spiro atoms. The van der Waals surface area contributed by atoms with Crippen LogP contribution in [-0.2, 0) is 9.59 Å². The molecule has 0 aromatic rings. The van der Waals surface area contributed by atoms with Gasteiger partial charge in [0.05, 0.1) is 6.42 Å². The molecule has 0 aliphatic heterocycles. The van der Waals surface area contributed by atoms with Crippen LogP contribution in [0.4, 0.5) is 0 Å². The Labute approximate surface area is 178 Å². The normalized spacial score (nSPS) is 12.4. The first kappa shape index (κ1) is 27.9. The lowest BCUT2D eigenvalue weighted by atomic mass is 10.0. The Bertz CT molecular complexity index is 400. The van der Waals surface area contributed by atoms with E-state index in [1.807, 2.05) is 0 Å². The lowest BCUT2D eigenvalue weighted by Crippen LogP contribution is -2.39. The number of nitrogens with zero attached hydrogens (tertiary/aromatic N) is 1. The van der Waals surface area contributed by atoms with Gasteiger partial charge in [0.15, 0.2) is 0 Å². The fourth-order valence-corrected chi connectivity index (χ4v) is 3.64. The Kier molecular flexibility index (Phi) is 19.4. The monoisotopic (exact) mass is 414 g/mol. The van der Waals surface area contributed by atoms with Crippen LogP contribution in [0.25, 0.3) is 0 Å². The number of carboxylic acid groups (broad SMARTS) is 2. The Hall–Kier alpha value is -1.14. The van der Waals surface area contributed by atoms with Gasteiger partial charge in [0.1, 0.15) is 6.04 Å². The molecule has 0 fully saturated rings. The van der Waals surface area contributed by atoms with Gasteiger partial charge in [-0.15, -0.1) is 0 Å². The number of unbranched alkanes of at least 4 members (excludes halogenated alkanes) is 12. The molecule has 6 heteroatoms. The molecule has 0 aliphatic carbocycles. The van der Waals surface area contributed by atoms with Crippen LogP contribution in [0, 0.1) is 0 Å². The van der Waals surface area contributed by atoms with E-state index in [1.165, 1.54) is 90.3 Å².